The van der Waals surface area contributed by atoms with Gasteiger partial charge >= 0.3 is 0 Å². The first-order valence-electron chi connectivity index (χ1n) is 8.23. The normalized spacial score (nSPS) is 35.5. The van der Waals surface area contributed by atoms with E-state index in [0.717, 1.165) is 19.3 Å². The minimum absolute atomic E-state index is 0.00143. The van der Waals surface area contributed by atoms with E-state index in [4.69, 9.17) is 4.74 Å². The third-order valence-electron chi connectivity index (χ3n) is 4.91. The average molecular weight is 296 g/mol. The van der Waals surface area contributed by atoms with Crippen LogP contribution >= 0.6 is 0 Å². The summed E-state index contributed by atoms with van der Waals surface area (Å²) in [6.45, 7) is 8.75. The number of piperazine rings is 1. The Bertz CT molecular complexity index is 399. The molecule has 5 heteroatoms. The molecule has 2 fully saturated rings. The van der Waals surface area contributed by atoms with Crippen molar-refractivity contribution in [3.8, 4) is 0 Å². The van der Waals surface area contributed by atoms with Gasteiger partial charge in [0.25, 0.3) is 0 Å². The van der Waals surface area contributed by atoms with Crippen LogP contribution in [0.25, 0.3) is 0 Å². The monoisotopic (exact) mass is 296 g/mol. The number of hydrogen-bond donors (Lipinski definition) is 1. The van der Waals surface area contributed by atoms with Crippen molar-refractivity contribution in [2.75, 3.05) is 6.61 Å². The van der Waals surface area contributed by atoms with Gasteiger partial charge in [0.15, 0.2) is 0 Å². The number of ether oxygens (including phenoxy) is 1. The Kier molecular flexibility index (Phi) is 5.25. The molecule has 0 aromatic carbocycles. The summed E-state index contributed by atoms with van der Waals surface area (Å²) < 4.78 is 5.59. The number of hydrogen-bond acceptors (Lipinski definition) is 3. The number of amides is 2. The van der Waals surface area contributed by atoms with E-state index < -0.39 is 0 Å². The summed E-state index contributed by atoms with van der Waals surface area (Å²) >= 11 is 0. The maximum Gasteiger partial charge on any atom is 0.246 e. The lowest BCUT2D eigenvalue weighted by atomic mass is 9.90. The summed E-state index contributed by atoms with van der Waals surface area (Å²) in [6, 6.07) is -0.569. The summed E-state index contributed by atoms with van der Waals surface area (Å²) in [5, 5.41) is 2.94. The zero-order chi connectivity index (χ0) is 15.6. The lowest BCUT2D eigenvalue weighted by molar-refractivity contribution is -0.157. The second-order valence-electron chi connectivity index (χ2n) is 6.40. The number of nitrogens with one attached hydrogen (secondary N) is 1. The van der Waals surface area contributed by atoms with E-state index in [-0.39, 0.29) is 42.0 Å². The first-order chi connectivity index (χ1) is 9.99. The standard InChI is InChI=1S/C16H28N2O3/c1-5-10(3)14-16(20)18(13(6-2)15(19)17-14)12-7-8-21-11(4)9-12/h10-14H,5-9H2,1-4H3,(H,17,19). The topological polar surface area (TPSA) is 58.6 Å². The SMILES string of the molecule is CCC(C)C1NC(=O)C(CC)N(C2CCOC(C)C2)C1=O. The molecule has 2 aliphatic rings. The first-order valence-corrected chi connectivity index (χ1v) is 8.23. The first kappa shape index (κ1) is 16.3. The highest BCUT2D eigenvalue weighted by atomic mass is 16.5. The Labute approximate surface area is 127 Å². The minimum Gasteiger partial charge on any atom is -0.378 e. The Balaban J connectivity index is 2.24. The molecule has 0 bridgehead atoms. The van der Waals surface area contributed by atoms with Crippen LogP contribution < -0.4 is 5.32 Å². The van der Waals surface area contributed by atoms with Crippen LogP contribution in [0.15, 0.2) is 0 Å². The van der Waals surface area contributed by atoms with Gasteiger partial charge in [-0.15, -0.1) is 0 Å². The molecule has 0 radical (unpaired) electrons. The lowest BCUT2D eigenvalue weighted by Gasteiger charge is -2.46. The zero-order valence-corrected chi connectivity index (χ0v) is 13.6. The third-order valence-corrected chi connectivity index (χ3v) is 4.91. The molecule has 0 aromatic rings. The molecule has 2 aliphatic heterocycles. The Morgan fingerprint density at radius 3 is 2.67 bits per heavy atom. The highest BCUT2D eigenvalue weighted by Gasteiger charge is 2.45. The van der Waals surface area contributed by atoms with Crippen LogP contribution in [0.1, 0.15) is 53.4 Å². The Morgan fingerprint density at radius 1 is 1.38 bits per heavy atom. The van der Waals surface area contributed by atoms with Crippen molar-refractivity contribution in [2.24, 2.45) is 5.92 Å². The van der Waals surface area contributed by atoms with Gasteiger partial charge in [-0.2, -0.15) is 0 Å². The number of nitrogens with zero attached hydrogens (tertiary/aromatic N) is 1. The lowest BCUT2D eigenvalue weighted by Crippen LogP contribution is -2.67. The van der Waals surface area contributed by atoms with Crippen LogP contribution in [0.2, 0.25) is 0 Å². The largest absolute Gasteiger partial charge is 0.378 e. The molecule has 5 nitrogen and oxygen atoms in total. The predicted octanol–water partition coefficient (Wildman–Crippen LogP) is 1.71. The zero-order valence-electron chi connectivity index (χ0n) is 13.6. The molecule has 5 atom stereocenters. The molecule has 0 aromatic heterocycles. The molecule has 0 saturated carbocycles. The fourth-order valence-electron chi connectivity index (χ4n) is 3.42. The summed E-state index contributed by atoms with van der Waals surface area (Å²) in [6.07, 6.45) is 3.35. The number of carbonyl (C=O) groups excluding carboxylic acids is 2. The maximum absolute atomic E-state index is 12.9. The van der Waals surface area contributed by atoms with Crippen molar-refractivity contribution in [1.29, 1.82) is 0 Å². The molecule has 2 rings (SSSR count). The second kappa shape index (κ2) is 6.77. The summed E-state index contributed by atoms with van der Waals surface area (Å²) in [4.78, 5) is 27.2. The van der Waals surface area contributed by atoms with Crippen LogP contribution in [0.4, 0.5) is 0 Å². The van der Waals surface area contributed by atoms with E-state index in [1.807, 2.05) is 25.7 Å². The van der Waals surface area contributed by atoms with Gasteiger partial charge in [-0.05, 0) is 32.1 Å². The fraction of sp³-hybridized carbons (Fsp3) is 0.875. The van der Waals surface area contributed by atoms with E-state index in [2.05, 4.69) is 12.2 Å². The molecule has 2 amide bonds. The smallest absolute Gasteiger partial charge is 0.246 e. The van der Waals surface area contributed by atoms with Crippen molar-refractivity contribution in [2.45, 2.75) is 77.6 Å². The van der Waals surface area contributed by atoms with Crippen molar-refractivity contribution in [3.63, 3.8) is 0 Å². The van der Waals surface area contributed by atoms with Crippen LogP contribution in [-0.4, -0.2) is 47.6 Å². The average Bonchev–Trinajstić information content (AvgIpc) is 2.47. The Morgan fingerprint density at radius 2 is 2.10 bits per heavy atom. The van der Waals surface area contributed by atoms with E-state index in [1.165, 1.54) is 0 Å². The summed E-state index contributed by atoms with van der Waals surface area (Å²) in [5.74, 6) is 0.260. The predicted molar refractivity (Wildman–Crippen MR) is 80.7 cm³/mol. The van der Waals surface area contributed by atoms with Gasteiger partial charge in [0.05, 0.1) is 6.10 Å². The number of rotatable bonds is 4. The van der Waals surface area contributed by atoms with Crippen LogP contribution in [-0.2, 0) is 14.3 Å². The van der Waals surface area contributed by atoms with Crippen LogP contribution in [0, 0.1) is 5.92 Å². The summed E-state index contributed by atoms with van der Waals surface area (Å²) in [7, 11) is 0. The quantitative estimate of drug-likeness (QED) is 0.859. The minimum atomic E-state index is -0.372. The van der Waals surface area contributed by atoms with Gasteiger partial charge in [-0.3, -0.25) is 9.59 Å². The molecule has 0 spiro atoms. The Hall–Kier alpha value is -1.10. The highest BCUT2D eigenvalue weighted by Crippen LogP contribution is 2.27. The van der Waals surface area contributed by atoms with Crippen molar-refractivity contribution in [3.05, 3.63) is 0 Å². The third kappa shape index (κ3) is 3.23. The molecular formula is C16H28N2O3. The van der Waals surface area contributed by atoms with Gasteiger partial charge in [-0.25, -0.2) is 0 Å². The van der Waals surface area contributed by atoms with Gasteiger partial charge in [0.2, 0.25) is 11.8 Å². The van der Waals surface area contributed by atoms with Crippen molar-refractivity contribution in [1.82, 2.24) is 10.2 Å². The fourth-order valence-corrected chi connectivity index (χ4v) is 3.42. The molecule has 0 aliphatic carbocycles. The molecular weight excluding hydrogens is 268 g/mol. The highest BCUT2D eigenvalue weighted by molar-refractivity contribution is 5.97. The van der Waals surface area contributed by atoms with Gasteiger partial charge in [0, 0.05) is 12.6 Å². The number of carbonyl (C=O) groups is 2. The van der Waals surface area contributed by atoms with Crippen molar-refractivity contribution < 1.29 is 14.3 Å². The molecule has 2 saturated heterocycles. The second-order valence-corrected chi connectivity index (χ2v) is 6.40. The van der Waals surface area contributed by atoms with E-state index in [1.54, 1.807) is 0 Å². The van der Waals surface area contributed by atoms with E-state index >= 15 is 0 Å². The van der Waals surface area contributed by atoms with Gasteiger partial charge in [0.1, 0.15) is 12.1 Å². The molecule has 2 heterocycles. The van der Waals surface area contributed by atoms with Crippen LogP contribution in [0.5, 0.6) is 0 Å². The van der Waals surface area contributed by atoms with Crippen LogP contribution in [0.3, 0.4) is 0 Å². The van der Waals surface area contributed by atoms with Gasteiger partial charge in [-0.1, -0.05) is 27.2 Å². The van der Waals surface area contributed by atoms with E-state index in [0.29, 0.717) is 13.0 Å². The maximum atomic E-state index is 12.9. The summed E-state index contributed by atoms with van der Waals surface area (Å²) in [5.41, 5.74) is 0. The molecule has 5 unspecified atom stereocenters. The van der Waals surface area contributed by atoms with E-state index in [9.17, 15) is 9.59 Å². The van der Waals surface area contributed by atoms with Gasteiger partial charge < -0.3 is 15.0 Å². The van der Waals surface area contributed by atoms with Crippen molar-refractivity contribution >= 4 is 11.8 Å². The molecule has 21 heavy (non-hydrogen) atoms. The molecule has 1 N–H and O–H groups in total. The molecule has 120 valence electrons.